The van der Waals surface area contributed by atoms with E-state index in [0.717, 1.165) is 22.9 Å². The maximum absolute atomic E-state index is 12.5. The molecule has 2 saturated heterocycles. The number of hydrogen-bond acceptors (Lipinski definition) is 4. The summed E-state index contributed by atoms with van der Waals surface area (Å²) in [6.07, 6.45) is 4.60. The van der Waals surface area contributed by atoms with E-state index in [9.17, 15) is 13.5 Å². The van der Waals surface area contributed by atoms with Crippen LogP contribution in [0, 0.1) is 0 Å². The van der Waals surface area contributed by atoms with Crippen LogP contribution in [0.25, 0.3) is 10.9 Å². The second-order valence-electron chi connectivity index (χ2n) is 6.58. The highest BCUT2D eigenvalue weighted by atomic mass is 32.2. The van der Waals surface area contributed by atoms with Gasteiger partial charge in [-0.05, 0) is 43.4 Å². The second kappa shape index (κ2) is 4.77. The second-order valence-corrected chi connectivity index (χ2v) is 9.09. The van der Waals surface area contributed by atoms with Gasteiger partial charge in [0.15, 0.2) is 9.84 Å². The van der Waals surface area contributed by atoms with Crippen LogP contribution in [0.5, 0.6) is 0 Å². The van der Waals surface area contributed by atoms with Gasteiger partial charge in [0.1, 0.15) is 0 Å². The number of para-hydroxylation sites is 1. The van der Waals surface area contributed by atoms with Crippen molar-refractivity contribution in [3.63, 3.8) is 0 Å². The minimum absolute atomic E-state index is 0.305. The lowest BCUT2D eigenvalue weighted by Gasteiger charge is -2.44. The number of aromatic nitrogens is 1. The molecule has 4 rings (SSSR count). The molecule has 1 N–H and O–H groups in total. The van der Waals surface area contributed by atoms with Crippen molar-refractivity contribution in [2.45, 2.75) is 48.2 Å². The summed E-state index contributed by atoms with van der Waals surface area (Å²) in [6.45, 7) is 0. The molecule has 0 saturated carbocycles. The predicted octanol–water partition coefficient (Wildman–Crippen LogP) is 2.55. The molecule has 1 aromatic heterocycles. The monoisotopic (exact) mass is 317 g/mol. The fourth-order valence-electron chi connectivity index (χ4n) is 4.17. The third-order valence-electron chi connectivity index (χ3n) is 5.26. The number of aliphatic hydroxyl groups is 1. The molecule has 0 aliphatic carbocycles. The van der Waals surface area contributed by atoms with Gasteiger partial charge < -0.3 is 5.11 Å². The van der Waals surface area contributed by atoms with Crippen molar-refractivity contribution >= 4 is 20.7 Å². The molecule has 2 atom stereocenters. The molecule has 0 amide bonds. The highest BCUT2D eigenvalue weighted by Crippen LogP contribution is 2.47. The number of rotatable bonds is 1. The summed E-state index contributed by atoms with van der Waals surface area (Å²) in [5, 5.41) is 11.4. The molecule has 2 unspecified atom stereocenters. The van der Waals surface area contributed by atoms with E-state index in [1.54, 1.807) is 6.20 Å². The molecule has 1 aromatic carbocycles. The van der Waals surface area contributed by atoms with Crippen LogP contribution >= 0.6 is 0 Å². The molecule has 2 bridgehead atoms. The summed E-state index contributed by atoms with van der Waals surface area (Å²) < 4.78 is 24.9. The van der Waals surface area contributed by atoms with Gasteiger partial charge in [0.25, 0.3) is 0 Å². The SMILES string of the molecule is O=S1(=O)C2CCCC1CC(O)(c1ccnc3ccccc13)C2. The van der Waals surface area contributed by atoms with Crippen LogP contribution in [-0.2, 0) is 15.4 Å². The highest BCUT2D eigenvalue weighted by molar-refractivity contribution is 7.92. The smallest absolute Gasteiger partial charge is 0.156 e. The molecule has 2 aliphatic rings. The Bertz CT molecular complexity index is 805. The molecule has 2 aromatic rings. The van der Waals surface area contributed by atoms with Gasteiger partial charge in [0, 0.05) is 11.6 Å². The fraction of sp³-hybridized carbons (Fsp3) is 0.471. The number of benzene rings is 1. The van der Waals surface area contributed by atoms with E-state index >= 15 is 0 Å². The normalized spacial score (nSPS) is 33.7. The van der Waals surface area contributed by atoms with Gasteiger partial charge >= 0.3 is 0 Å². The van der Waals surface area contributed by atoms with Crippen LogP contribution in [0.3, 0.4) is 0 Å². The van der Waals surface area contributed by atoms with E-state index in [-0.39, 0.29) is 0 Å². The van der Waals surface area contributed by atoms with E-state index in [1.807, 2.05) is 30.3 Å². The van der Waals surface area contributed by atoms with Crippen molar-refractivity contribution in [3.8, 4) is 0 Å². The van der Waals surface area contributed by atoms with Gasteiger partial charge in [-0.1, -0.05) is 24.6 Å². The van der Waals surface area contributed by atoms with Gasteiger partial charge in [-0.2, -0.15) is 0 Å². The van der Waals surface area contributed by atoms with Crippen molar-refractivity contribution in [3.05, 3.63) is 42.1 Å². The van der Waals surface area contributed by atoms with E-state index < -0.39 is 25.9 Å². The van der Waals surface area contributed by atoms with Gasteiger partial charge in [-0.25, -0.2) is 8.42 Å². The number of fused-ring (bicyclic) bond motifs is 3. The Morgan fingerprint density at radius 1 is 1.09 bits per heavy atom. The first-order valence-electron chi connectivity index (χ1n) is 7.80. The average molecular weight is 317 g/mol. The Balaban J connectivity index is 1.85. The van der Waals surface area contributed by atoms with Crippen LogP contribution in [0.2, 0.25) is 0 Å². The van der Waals surface area contributed by atoms with Crippen LogP contribution in [0.4, 0.5) is 0 Å². The summed E-state index contributed by atoms with van der Waals surface area (Å²) in [5.41, 5.74) is 0.598. The summed E-state index contributed by atoms with van der Waals surface area (Å²) in [6, 6.07) is 9.56. The molecule has 2 fully saturated rings. The first-order chi connectivity index (χ1) is 10.5. The van der Waals surface area contributed by atoms with Crippen molar-refractivity contribution < 1.29 is 13.5 Å². The van der Waals surface area contributed by atoms with E-state index in [4.69, 9.17) is 0 Å². The maximum Gasteiger partial charge on any atom is 0.156 e. The highest BCUT2D eigenvalue weighted by Gasteiger charge is 2.51. The van der Waals surface area contributed by atoms with E-state index in [2.05, 4.69) is 4.98 Å². The fourth-order valence-corrected chi connectivity index (χ4v) is 6.72. The number of nitrogens with zero attached hydrogens (tertiary/aromatic N) is 1. The zero-order valence-electron chi connectivity index (χ0n) is 12.3. The van der Waals surface area contributed by atoms with E-state index in [1.165, 1.54) is 0 Å². The maximum atomic E-state index is 12.5. The zero-order chi connectivity index (χ0) is 15.4. The lowest BCUT2D eigenvalue weighted by molar-refractivity contribution is 0.00635. The number of pyridine rings is 1. The molecule has 0 radical (unpaired) electrons. The third kappa shape index (κ3) is 1.99. The minimum Gasteiger partial charge on any atom is -0.385 e. The number of sulfone groups is 1. The predicted molar refractivity (Wildman–Crippen MR) is 85.2 cm³/mol. The van der Waals surface area contributed by atoms with E-state index in [0.29, 0.717) is 25.7 Å². The Labute approximate surface area is 130 Å². The van der Waals surface area contributed by atoms with Gasteiger partial charge in [0.05, 0.1) is 21.6 Å². The molecular weight excluding hydrogens is 298 g/mol. The van der Waals surface area contributed by atoms with Gasteiger partial charge in [-0.3, -0.25) is 4.98 Å². The van der Waals surface area contributed by atoms with Gasteiger partial charge in [0.2, 0.25) is 0 Å². The van der Waals surface area contributed by atoms with Crippen molar-refractivity contribution in [2.75, 3.05) is 0 Å². The Morgan fingerprint density at radius 3 is 2.50 bits per heavy atom. The lowest BCUT2D eigenvalue weighted by Crippen LogP contribution is -2.50. The Kier molecular flexibility index (Phi) is 3.07. The van der Waals surface area contributed by atoms with Crippen molar-refractivity contribution in [1.29, 1.82) is 0 Å². The lowest BCUT2D eigenvalue weighted by atomic mass is 9.79. The first-order valence-corrected chi connectivity index (χ1v) is 9.41. The average Bonchev–Trinajstić information content (AvgIpc) is 2.48. The summed E-state index contributed by atoms with van der Waals surface area (Å²) in [5.74, 6) is 0. The molecule has 5 heteroatoms. The zero-order valence-corrected chi connectivity index (χ0v) is 13.1. The molecular formula is C17H19NO3S. The first kappa shape index (κ1) is 14.2. The largest absolute Gasteiger partial charge is 0.385 e. The van der Waals surface area contributed by atoms with Crippen LogP contribution in [-0.4, -0.2) is 29.0 Å². The number of hydrogen-bond donors (Lipinski definition) is 1. The topological polar surface area (TPSA) is 67.3 Å². The third-order valence-corrected chi connectivity index (χ3v) is 7.93. The molecule has 0 spiro atoms. The van der Waals surface area contributed by atoms with Crippen LogP contribution in [0.15, 0.2) is 36.5 Å². The van der Waals surface area contributed by atoms with Gasteiger partial charge in [-0.15, -0.1) is 0 Å². The molecule has 4 nitrogen and oxygen atoms in total. The summed E-state index contributed by atoms with van der Waals surface area (Å²) in [7, 11) is -3.07. The molecule has 116 valence electrons. The van der Waals surface area contributed by atoms with Crippen molar-refractivity contribution in [2.24, 2.45) is 0 Å². The summed E-state index contributed by atoms with van der Waals surface area (Å²) >= 11 is 0. The Hall–Kier alpha value is -1.46. The van der Waals surface area contributed by atoms with Crippen LogP contribution in [0.1, 0.15) is 37.7 Å². The quantitative estimate of drug-likeness (QED) is 0.878. The minimum atomic E-state index is -3.07. The standard InChI is InChI=1S/C17H19NO3S/c19-17(10-12-4-3-5-13(11-17)22(12,20)21)15-8-9-18-16-7-2-1-6-14(15)16/h1-2,6-9,12-13,19H,3-5,10-11H2. The summed E-state index contributed by atoms with van der Waals surface area (Å²) in [4.78, 5) is 4.34. The van der Waals surface area contributed by atoms with Crippen molar-refractivity contribution in [1.82, 2.24) is 4.98 Å². The molecule has 3 heterocycles. The Morgan fingerprint density at radius 2 is 1.77 bits per heavy atom. The van der Waals surface area contributed by atoms with Crippen LogP contribution < -0.4 is 0 Å². The molecule has 22 heavy (non-hydrogen) atoms. The molecule has 2 aliphatic heterocycles.